The molecule has 104 valence electrons. The Morgan fingerprint density at radius 2 is 1.75 bits per heavy atom. The van der Waals surface area contributed by atoms with Gasteiger partial charge in [0.2, 0.25) is 0 Å². The quantitative estimate of drug-likeness (QED) is 0.598. The fraction of sp³-hybridized carbons (Fsp3) is 0. The lowest BCUT2D eigenvalue weighted by atomic mass is 10.1. The number of hydrogen-bond donors (Lipinski definition) is 3. The van der Waals surface area contributed by atoms with Crippen molar-refractivity contribution in [2.45, 2.75) is 0 Å². The van der Waals surface area contributed by atoms with Gasteiger partial charge in [0.05, 0.1) is 27.0 Å². The number of para-hydroxylation sites is 1. The summed E-state index contributed by atoms with van der Waals surface area (Å²) in [5, 5.41) is 2.56. The number of anilines is 2. The molecule has 0 bridgehead atoms. The van der Waals surface area contributed by atoms with E-state index in [0.29, 0.717) is 11.3 Å². The predicted octanol–water partition coefficient (Wildman–Crippen LogP) is 3.67. The molecule has 0 saturated carbocycles. The maximum absolute atomic E-state index is 13.1. The van der Waals surface area contributed by atoms with Crippen LogP contribution in [0.3, 0.4) is 0 Å². The lowest BCUT2D eigenvalue weighted by molar-refractivity contribution is 0.102. The van der Waals surface area contributed by atoms with Gasteiger partial charge in [0.1, 0.15) is 5.82 Å². The lowest BCUT2D eigenvalue weighted by Crippen LogP contribution is -2.17. The summed E-state index contributed by atoms with van der Waals surface area (Å²) in [6.45, 7) is 0. The molecule has 0 aliphatic rings. The van der Waals surface area contributed by atoms with Crippen molar-refractivity contribution >= 4 is 40.5 Å². The van der Waals surface area contributed by atoms with E-state index in [1.165, 1.54) is 0 Å². The van der Waals surface area contributed by atoms with Crippen LogP contribution < -0.4 is 16.6 Å². The molecule has 0 aliphatic carbocycles. The van der Waals surface area contributed by atoms with Gasteiger partial charge in [-0.15, -0.1) is 0 Å². The molecule has 20 heavy (non-hydrogen) atoms. The monoisotopic (exact) mass is 313 g/mol. The van der Waals surface area contributed by atoms with Crippen LogP contribution >= 0.6 is 23.2 Å². The molecule has 1 amide bonds. The molecular weight excluding hydrogens is 304 g/mol. The van der Waals surface area contributed by atoms with Crippen molar-refractivity contribution in [3.05, 3.63) is 57.8 Å². The Bertz CT molecular complexity index is 641. The molecule has 2 aromatic rings. The first-order valence-corrected chi connectivity index (χ1v) is 6.30. The second-order valence-electron chi connectivity index (χ2n) is 3.89. The van der Waals surface area contributed by atoms with Gasteiger partial charge in [0.25, 0.3) is 5.91 Å². The van der Waals surface area contributed by atoms with Gasteiger partial charge in [-0.1, -0.05) is 35.3 Å². The van der Waals surface area contributed by atoms with Gasteiger partial charge in [0.15, 0.2) is 0 Å². The number of nitrogen functional groups attached to an aromatic ring is 1. The number of amides is 1. The summed E-state index contributed by atoms with van der Waals surface area (Å²) in [6.07, 6.45) is 0. The zero-order valence-corrected chi connectivity index (χ0v) is 11.6. The first-order valence-electron chi connectivity index (χ1n) is 5.54. The number of benzene rings is 2. The van der Waals surface area contributed by atoms with E-state index in [9.17, 15) is 9.18 Å². The molecule has 2 aromatic carbocycles. The van der Waals surface area contributed by atoms with Crippen molar-refractivity contribution in [2.75, 3.05) is 10.7 Å². The number of carbonyl (C=O) groups excluding carboxylic acids is 1. The van der Waals surface area contributed by atoms with Crippen molar-refractivity contribution in [3.8, 4) is 0 Å². The van der Waals surface area contributed by atoms with E-state index in [4.69, 9.17) is 29.0 Å². The summed E-state index contributed by atoms with van der Waals surface area (Å²) in [5.74, 6) is 4.28. The third-order valence-corrected chi connectivity index (χ3v) is 3.17. The third kappa shape index (κ3) is 3.01. The molecule has 4 nitrogen and oxygen atoms in total. The van der Waals surface area contributed by atoms with Gasteiger partial charge >= 0.3 is 0 Å². The number of rotatable bonds is 3. The lowest BCUT2D eigenvalue weighted by Gasteiger charge is -2.12. The SMILES string of the molecule is NNc1ccccc1C(=O)Nc1c(Cl)cc(F)cc1Cl. The maximum Gasteiger partial charge on any atom is 0.257 e. The van der Waals surface area contributed by atoms with E-state index < -0.39 is 11.7 Å². The van der Waals surface area contributed by atoms with E-state index in [0.717, 1.165) is 12.1 Å². The topological polar surface area (TPSA) is 67.1 Å². The Morgan fingerprint density at radius 3 is 2.35 bits per heavy atom. The molecule has 0 saturated heterocycles. The Morgan fingerprint density at radius 1 is 1.15 bits per heavy atom. The van der Waals surface area contributed by atoms with Crippen LogP contribution in [0.5, 0.6) is 0 Å². The number of nitrogens with one attached hydrogen (secondary N) is 2. The molecule has 2 rings (SSSR count). The largest absolute Gasteiger partial charge is 0.323 e. The predicted molar refractivity (Wildman–Crippen MR) is 78.6 cm³/mol. The molecule has 0 atom stereocenters. The van der Waals surface area contributed by atoms with E-state index in [1.54, 1.807) is 24.3 Å². The van der Waals surface area contributed by atoms with E-state index in [-0.39, 0.29) is 15.7 Å². The zero-order chi connectivity index (χ0) is 14.7. The van der Waals surface area contributed by atoms with Gasteiger partial charge in [0, 0.05) is 0 Å². The van der Waals surface area contributed by atoms with Crippen molar-refractivity contribution in [1.82, 2.24) is 0 Å². The molecule has 0 heterocycles. The van der Waals surface area contributed by atoms with E-state index in [2.05, 4.69) is 10.7 Å². The molecule has 0 fully saturated rings. The van der Waals surface area contributed by atoms with Crippen molar-refractivity contribution in [2.24, 2.45) is 5.84 Å². The summed E-state index contributed by atoms with van der Waals surface area (Å²) in [6, 6.07) is 8.76. The van der Waals surface area contributed by atoms with Crippen LogP contribution in [0.4, 0.5) is 15.8 Å². The molecule has 4 N–H and O–H groups in total. The molecule has 0 aromatic heterocycles. The van der Waals surface area contributed by atoms with Gasteiger partial charge in [-0.05, 0) is 24.3 Å². The third-order valence-electron chi connectivity index (χ3n) is 2.57. The summed E-state index contributed by atoms with van der Waals surface area (Å²) in [4.78, 5) is 12.2. The van der Waals surface area contributed by atoms with E-state index in [1.807, 2.05) is 0 Å². The Balaban J connectivity index is 2.33. The Kier molecular flexibility index (Phi) is 4.44. The van der Waals surface area contributed by atoms with Gasteiger partial charge in [-0.3, -0.25) is 10.6 Å². The smallest absolute Gasteiger partial charge is 0.257 e. The maximum atomic E-state index is 13.1. The first-order chi connectivity index (χ1) is 9.52. The Hall–Kier alpha value is -1.82. The average Bonchev–Trinajstić information content (AvgIpc) is 2.42. The number of hydrogen-bond acceptors (Lipinski definition) is 3. The van der Waals surface area contributed by atoms with Crippen LogP contribution in [0.25, 0.3) is 0 Å². The van der Waals surface area contributed by atoms with Crippen LogP contribution in [-0.2, 0) is 0 Å². The summed E-state index contributed by atoms with van der Waals surface area (Å²) >= 11 is 11.7. The highest BCUT2D eigenvalue weighted by Gasteiger charge is 2.15. The minimum Gasteiger partial charge on any atom is -0.323 e. The van der Waals surface area contributed by atoms with Crippen LogP contribution in [0.1, 0.15) is 10.4 Å². The highest BCUT2D eigenvalue weighted by Crippen LogP contribution is 2.32. The van der Waals surface area contributed by atoms with Crippen LogP contribution in [0, 0.1) is 5.82 Å². The van der Waals surface area contributed by atoms with Crippen molar-refractivity contribution < 1.29 is 9.18 Å². The highest BCUT2D eigenvalue weighted by molar-refractivity contribution is 6.40. The molecule has 0 unspecified atom stereocenters. The van der Waals surface area contributed by atoms with E-state index >= 15 is 0 Å². The van der Waals surface area contributed by atoms with Gasteiger partial charge < -0.3 is 10.7 Å². The summed E-state index contributed by atoms with van der Waals surface area (Å²) in [7, 11) is 0. The molecule has 7 heteroatoms. The molecule has 0 aliphatic heterocycles. The summed E-state index contributed by atoms with van der Waals surface area (Å²) < 4.78 is 13.1. The van der Waals surface area contributed by atoms with Gasteiger partial charge in [-0.2, -0.15) is 0 Å². The minimum atomic E-state index is -0.581. The fourth-order valence-electron chi connectivity index (χ4n) is 1.65. The van der Waals surface area contributed by atoms with Crippen LogP contribution in [0.15, 0.2) is 36.4 Å². The normalized spacial score (nSPS) is 10.2. The number of nitrogens with two attached hydrogens (primary N) is 1. The first kappa shape index (κ1) is 14.6. The Labute approximate surface area is 124 Å². The number of hydrazine groups is 1. The van der Waals surface area contributed by atoms with Crippen LogP contribution in [-0.4, -0.2) is 5.91 Å². The fourth-order valence-corrected chi connectivity index (χ4v) is 2.20. The minimum absolute atomic E-state index is 0.0153. The highest BCUT2D eigenvalue weighted by atomic mass is 35.5. The van der Waals surface area contributed by atoms with Crippen LogP contribution in [0.2, 0.25) is 10.0 Å². The van der Waals surface area contributed by atoms with Crippen molar-refractivity contribution in [1.29, 1.82) is 0 Å². The second-order valence-corrected chi connectivity index (χ2v) is 4.70. The molecule has 0 spiro atoms. The average molecular weight is 314 g/mol. The van der Waals surface area contributed by atoms with Crippen molar-refractivity contribution in [3.63, 3.8) is 0 Å². The summed E-state index contributed by atoms with van der Waals surface area (Å²) in [5.41, 5.74) is 3.31. The number of halogens is 3. The molecular formula is C13H10Cl2FN3O. The zero-order valence-electron chi connectivity index (χ0n) is 10.1. The van der Waals surface area contributed by atoms with Gasteiger partial charge in [-0.25, -0.2) is 4.39 Å². The molecule has 0 radical (unpaired) electrons. The second kappa shape index (κ2) is 6.09. The number of carbonyl (C=O) groups is 1. The standard InChI is InChI=1S/C13H10Cl2FN3O/c14-9-5-7(16)6-10(15)12(9)18-13(20)8-3-1-2-4-11(8)19-17/h1-6,19H,17H2,(H,18,20).